The van der Waals surface area contributed by atoms with Crippen molar-refractivity contribution in [3.05, 3.63) is 53.3 Å². The van der Waals surface area contributed by atoms with Crippen molar-refractivity contribution in [1.82, 2.24) is 9.71 Å². The van der Waals surface area contributed by atoms with Crippen LogP contribution in [-0.4, -0.2) is 26.6 Å². The first-order chi connectivity index (χ1) is 10.6. The topological polar surface area (TPSA) is 68.3 Å². The SMILES string of the molecule is O=S(=O)(NCC#CCOc1cccc(Br)c1)c1cccnc1. The number of hydrogen-bond acceptors (Lipinski definition) is 4. The standard InChI is InChI=1S/C15H13BrN2O3S/c16-13-5-3-6-14(11-13)21-10-2-1-9-18-22(19,20)15-7-4-8-17-12-15/h3-8,11-12,18H,9-10H2. The molecule has 0 amide bonds. The van der Waals surface area contributed by atoms with E-state index in [4.69, 9.17) is 4.74 Å². The van der Waals surface area contributed by atoms with Crippen molar-refractivity contribution in [1.29, 1.82) is 0 Å². The van der Waals surface area contributed by atoms with Crippen LogP contribution >= 0.6 is 15.9 Å². The quantitative estimate of drug-likeness (QED) is 0.807. The molecule has 0 saturated heterocycles. The number of aromatic nitrogens is 1. The van der Waals surface area contributed by atoms with Crippen LogP contribution in [0.3, 0.4) is 0 Å². The lowest BCUT2D eigenvalue weighted by Crippen LogP contribution is -2.24. The molecule has 0 bridgehead atoms. The molecule has 1 aromatic heterocycles. The van der Waals surface area contributed by atoms with Crippen LogP contribution in [0.4, 0.5) is 0 Å². The summed E-state index contributed by atoms with van der Waals surface area (Å²) in [5.41, 5.74) is 0. The molecule has 0 atom stereocenters. The summed E-state index contributed by atoms with van der Waals surface area (Å²) in [6.45, 7) is 0.199. The highest BCUT2D eigenvalue weighted by atomic mass is 79.9. The molecule has 2 rings (SSSR count). The van der Waals surface area contributed by atoms with Crippen LogP contribution < -0.4 is 9.46 Å². The smallest absolute Gasteiger partial charge is 0.242 e. The predicted octanol–water partition coefficient (Wildman–Crippen LogP) is 2.20. The summed E-state index contributed by atoms with van der Waals surface area (Å²) >= 11 is 3.34. The Kier molecular flexibility index (Phi) is 5.95. The summed E-state index contributed by atoms with van der Waals surface area (Å²) in [7, 11) is -3.57. The van der Waals surface area contributed by atoms with E-state index in [9.17, 15) is 8.42 Å². The monoisotopic (exact) mass is 380 g/mol. The van der Waals surface area contributed by atoms with Crippen LogP contribution in [0, 0.1) is 11.8 Å². The van der Waals surface area contributed by atoms with Gasteiger partial charge in [-0.05, 0) is 30.3 Å². The number of sulfonamides is 1. The van der Waals surface area contributed by atoms with Crippen LogP contribution in [0.25, 0.3) is 0 Å². The van der Waals surface area contributed by atoms with E-state index in [0.29, 0.717) is 5.75 Å². The lowest BCUT2D eigenvalue weighted by molar-refractivity contribution is 0.370. The minimum atomic E-state index is -3.57. The maximum Gasteiger partial charge on any atom is 0.242 e. The zero-order valence-electron chi connectivity index (χ0n) is 11.5. The third-order valence-electron chi connectivity index (χ3n) is 2.53. The molecule has 0 saturated carbocycles. The number of ether oxygens (including phenoxy) is 1. The van der Waals surface area contributed by atoms with Crippen LogP contribution in [0.2, 0.25) is 0 Å². The van der Waals surface area contributed by atoms with Gasteiger partial charge in [0, 0.05) is 16.9 Å². The number of pyridine rings is 1. The fourth-order valence-corrected chi connectivity index (χ4v) is 2.77. The summed E-state index contributed by atoms with van der Waals surface area (Å²) in [5.74, 6) is 6.14. The maximum atomic E-state index is 11.9. The van der Waals surface area contributed by atoms with E-state index >= 15 is 0 Å². The second kappa shape index (κ2) is 7.94. The Labute approximate surface area is 137 Å². The molecule has 1 heterocycles. The van der Waals surface area contributed by atoms with Crippen molar-refractivity contribution in [2.75, 3.05) is 13.2 Å². The maximum absolute atomic E-state index is 11.9. The van der Waals surface area contributed by atoms with Gasteiger partial charge >= 0.3 is 0 Å². The molecule has 0 aliphatic rings. The van der Waals surface area contributed by atoms with Gasteiger partial charge in [-0.3, -0.25) is 4.98 Å². The molecule has 7 heteroatoms. The van der Waals surface area contributed by atoms with Crippen molar-refractivity contribution >= 4 is 26.0 Å². The van der Waals surface area contributed by atoms with Gasteiger partial charge in [-0.15, -0.1) is 0 Å². The minimum Gasteiger partial charge on any atom is -0.481 e. The van der Waals surface area contributed by atoms with Gasteiger partial charge in [0.05, 0.1) is 6.54 Å². The van der Waals surface area contributed by atoms with E-state index in [0.717, 1.165) is 4.47 Å². The molecule has 0 aliphatic carbocycles. The molecule has 1 aromatic carbocycles. The summed E-state index contributed by atoms with van der Waals surface area (Å²) in [6.07, 6.45) is 2.80. The Morgan fingerprint density at radius 2 is 2.09 bits per heavy atom. The van der Waals surface area contributed by atoms with Gasteiger partial charge in [-0.25, -0.2) is 8.42 Å². The second-order valence-electron chi connectivity index (χ2n) is 4.11. The first kappa shape index (κ1) is 16.5. The predicted molar refractivity (Wildman–Crippen MR) is 86.8 cm³/mol. The van der Waals surface area contributed by atoms with E-state index < -0.39 is 10.0 Å². The molecule has 5 nitrogen and oxygen atoms in total. The second-order valence-corrected chi connectivity index (χ2v) is 6.80. The zero-order chi connectivity index (χ0) is 15.8. The Hall–Kier alpha value is -1.88. The summed E-state index contributed by atoms with van der Waals surface area (Å²) in [5, 5.41) is 0. The molecular formula is C15H13BrN2O3S. The third kappa shape index (κ3) is 5.15. The van der Waals surface area contributed by atoms with Gasteiger partial charge in [0.15, 0.2) is 0 Å². The normalized spacial score (nSPS) is 10.6. The summed E-state index contributed by atoms with van der Waals surface area (Å²) < 4.78 is 32.4. The Bertz CT molecular complexity index is 783. The van der Waals surface area contributed by atoms with E-state index in [-0.39, 0.29) is 18.0 Å². The number of halogens is 1. The Balaban J connectivity index is 1.80. The van der Waals surface area contributed by atoms with E-state index in [1.165, 1.54) is 18.5 Å². The Morgan fingerprint density at radius 3 is 2.82 bits per heavy atom. The van der Waals surface area contributed by atoms with Crippen molar-refractivity contribution in [3.63, 3.8) is 0 Å². The van der Waals surface area contributed by atoms with Crippen molar-refractivity contribution in [2.45, 2.75) is 4.90 Å². The first-order valence-corrected chi connectivity index (χ1v) is 8.59. The Morgan fingerprint density at radius 1 is 1.23 bits per heavy atom. The average Bonchev–Trinajstić information content (AvgIpc) is 2.52. The van der Waals surface area contributed by atoms with Gasteiger partial charge in [0.25, 0.3) is 0 Å². The molecule has 0 aliphatic heterocycles. The van der Waals surface area contributed by atoms with Crippen LogP contribution in [0.15, 0.2) is 58.2 Å². The van der Waals surface area contributed by atoms with Gasteiger partial charge in [0.2, 0.25) is 10.0 Å². The summed E-state index contributed by atoms with van der Waals surface area (Å²) in [4.78, 5) is 3.88. The highest BCUT2D eigenvalue weighted by Crippen LogP contribution is 2.17. The molecule has 114 valence electrons. The molecule has 0 radical (unpaired) electrons. The highest BCUT2D eigenvalue weighted by molar-refractivity contribution is 9.10. The first-order valence-electron chi connectivity index (χ1n) is 6.32. The van der Waals surface area contributed by atoms with Gasteiger partial charge < -0.3 is 4.74 Å². The van der Waals surface area contributed by atoms with Gasteiger partial charge in [-0.2, -0.15) is 4.72 Å². The highest BCUT2D eigenvalue weighted by Gasteiger charge is 2.11. The van der Waals surface area contributed by atoms with Crippen LogP contribution in [0.5, 0.6) is 5.75 Å². The van der Waals surface area contributed by atoms with Crippen molar-refractivity contribution in [3.8, 4) is 17.6 Å². The van der Waals surface area contributed by atoms with Crippen LogP contribution in [0.1, 0.15) is 0 Å². The molecule has 1 N–H and O–H groups in total. The van der Waals surface area contributed by atoms with Gasteiger partial charge in [0.1, 0.15) is 17.3 Å². The fraction of sp³-hybridized carbons (Fsp3) is 0.133. The number of nitrogens with one attached hydrogen (secondary N) is 1. The lowest BCUT2D eigenvalue weighted by atomic mass is 10.3. The zero-order valence-corrected chi connectivity index (χ0v) is 13.9. The molecule has 0 unspecified atom stereocenters. The third-order valence-corrected chi connectivity index (χ3v) is 4.41. The molecule has 0 spiro atoms. The van der Waals surface area contributed by atoms with Crippen molar-refractivity contribution in [2.24, 2.45) is 0 Å². The molecule has 0 fully saturated rings. The molecule has 22 heavy (non-hydrogen) atoms. The van der Waals surface area contributed by atoms with Gasteiger partial charge in [-0.1, -0.05) is 33.8 Å². The van der Waals surface area contributed by atoms with E-state index in [1.807, 2.05) is 24.3 Å². The lowest BCUT2D eigenvalue weighted by Gasteiger charge is -2.03. The average molecular weight is 381 g/mol. The van der Waals surface area contributed by atoms with E-state index in [1.54, 1.807) is 6.07 Å². The largest absolute Gasteiger partial charge is 0.481 e. The number of hydrogen-bond donors (Lipinski definition) is 1. The van der Waals surface area contributed by atoms with Crippen molar-refractivity contribution < 1.29 is 13.2 Å². The summed E-state index contributed by atoms with van der Waals surface area (Å²) in [6, 6.07) is 10.4. The molecular weight excluding hydrogens is 368 g/mol. The number of benzene rings is 1. The minimum absolute atomic E-state index is 0.0130. The fourth-order valence-electron chi connectivity index (χ4n) is 1.51. The van der Waals surface area contributed by atoms with E-state index in [2.05, 4.69) is 37.5 Å². The number of rotatable bonds is 5. The number of nitrogens with zero attached hydrogens (tertiary/aromatic N) is 1. The molecule has 2 aromatic rings. The van der Waals surface area contributed by atoms with Crippen LogP contribution in [-0.2, 0) is 10.0 Å².